The normalized spacial score (nSPS) is 13.0. The molecule has 0 heterocycles. The fourth-order valence-electron chi connectivity index (χ4n) is 1.05. The van der Waals surface area contributed by atoms with Crippen LogP contribution in [0.4, 0.5) is 22.0 Å². The van der Waals surface area contributed by atoms with E-state index in [1.807, 2.05) is 0 Å². The highest BCUT2D eigenvalue weighted by molar-refractivity contribution is 5.76. The number of rotatable bonds is 1. The van der Waals surface area contributed by atoms with Crippen molar-refractivity contribution in [1.82, 2.24) is 0 Å². The zero-order chi connectivity index (χ0) is 14.2. The molecule has 1 rings (SSSR count). The summed E-state index contributed by atoms with van der Waals surface area (Å²) in [7, 11) is 0. The maximum absolute atomic E-state index is 13.2. The standard InChI is InChI=1S/C11H10F5NO/c1-11(2,3)17(18)4-5-6(12)8(14)10(16)9(15)7(5)13/h4H,1-3H3/b17-4-. The Labute approximate surface area is 99.9 Å². The quantitative estimate of drug-likeness (QED) is 0.146. The van der Waals surface area contributed by atoms with Crippen LogP contribution < -0.4 is 0 Å². The van der Waals surface area contributed by atoms with E-state index in [0.717, 1.165) is 0 Å². The molecule has 0 saturated carbocycles. The van der Waals surface area contributed by atoms with Crippen LogP contribution in [0.5, 0.6) is 0 Å². The molecule has 0 aromatic heterocycles. The predicted octanol–water partition coefficient (Wildman–Crippen LogP) is 3.11. The topological polar surface area (TPSA) is 26.1 Å². The monoisotopic (exact) mass is 267 g/mol. The maximum atomic E-state index is 13.2. The van der Waals surface area contributed by atoms with Gasteiger partial charge in [0.1, 0.15) is 5.56 Å². The average Bonchev–Trinajstić information content (AvgIpc) is 2.28. The highest BCUT2D eigenvalue weighted by atomic mass is 19.2. The number of hydrogen-bond donors (Lipinski definition) is 0. The van der Waals surface area contributed by atoms with Crippen molar-refractivity contribution in [2.75, 3.05) is 0 Å². The molecule has 0 spiro atoms. The second-order valence-electron chi connectivity index (χ2n) is 4.61. The summed E-state index contributed by atoms with van der Waals surface area (Å²) in [6, 6.07) is 0. The van der Waals surface area contributed by atoms with Crippen LogP contribution in [0.15, 0.2) is 0 Å². The summed E-state index contributed by atoms with van der Waals surface area (Å²) < 4.78 is 65.0. The first-order valence-corrected chi connectivity index (χ1v) is 4.90. The van der Waals surface area contributed by atoms with Crippen molar-refractivity contribution in [3.8, 4) is 0 Å². The summed E-state index contributed by atoms with van der Waals surface area (Å²) >= 11 is 0. The van der Waals surface area contributed by atoms with Crippen LogP contribution in [-0.4, -0.2) is 16.5 Å². The van der Waals surface area contributed by atoms with Crippen LogP contribution in [0, 0.1) is 34.3 Å². The van der Waals surface area contributed by atoms with Gasteiger partial charge in [0.2, 0.25) is 5.82 Å². The molecule has 7 heteroatoms. The first-order valence-electron chi connectivity index (χ1n) is 4.90. The molecule has 0 atom stereocenters. The lowest BCUT2D eigenvalue weighted by molar-refractivity contribution is -0.530. The molecule has 2 nitrogen and oxygen atoms in total. The molecule has 0 fully saturated rings. The molecule has 0 aliphatic rings. The average molecular weight is 267 g/mol. The Morgan fingerprint density at radius 2 is 1.17 bits per heavy atom. The molecule has 100 valence electrons. The predicted molar refractivity (Wildman–Crippen MR) is 54.8 cm³/mol. The van der Waals surface area contributed by atoms with E-state index >= 15 is 0 Å². The number of hydroxylamine groups is 1. The van der Waals surface area contributed by atoms with Crippen LogP contribution in [0.3, 0.4) is 0 Å². The van der Waals surface area contributed by atoms with Gasteiger partial charge in [-0.1, -0.05) is 0 Å². The third-order valence-electron chi connectivity index (χ3n) is 2.15. The Kier molecular flexibility index (Phi) is 3.64. The van der Waals surface area contributed by atoms with Crippen molar-refractivity contribution < 1.29 is 26.7 Å². The summed E-state index contributed by atoms with van der Waals surface area (Å²) in [4.78, 5) is 0. The van der Waals surface area contributed by atoms with Gasteiger partial charge in [-0.2, -0.15) is 0 Å². The van der Waals surface area contributed by atoms with Gasteiger partial charge in [-0.05, 0) is 0 Å². The van der Waals surface area contributed by atoms with Gasteiger partial charge in [-0.15, -0.1) is 0 Å². The van der Waals surface area contributed by atoms with Gasteiger partial charge >= 0.3 is 0 Å². The van der Waals surface area contributed by atoms with E-state index in [4.69, 9.17) is 0 Å². The number of benzene rings is 1. The summed E-state index contributed by atoms with van der Waals surface area (Å²) in [5.41, 5.74) is -2.32. The van der Waals surface area contributed by atoms with Gasteiger partial charge in [0.15, 0.2) is 35.0 Å². The minimum absolute atomic E-state index is 0.116. The van der Waals surface area contributed by atoms with Gasteiger partial charge in [0, 0.05) is 20.8 Å². The van der Waals surface area contributed by atoms with E-state index in [-0.39, 0.29) is 4.74 Å². The van der Waals surface area contributed by atoms with Gasteiger partial charge in [0.05, 0.1) is 0 Å². The van der Waals surface area contributed by atoms with Crippen LogP contribution in [0.1, 0.15) is 26.3 Å². The maximum Gasteiger partial charge on any atom is 0.200 e. The first kappa shape index (κ1) is 14.4. The second-order valence-corrected chi connectivity index (χ2v) is 4.61. The minimum atomic E-state index is -2.25. The lowest BCUT2D eigenvalue weighted by Crippen LogP contribution is -2.30. The Balaban J connectivity index is 3.53. The Bertz CT molecular complexity index is 490. The van der Waals surface area contributed by atoms with Crippen molar-refractivity contribution in [1.29, 1.82) is 0 Å². The highest BCUT2D eigenvalue weighted by Crippen LogP contribution is 2.22. The molecule has 0 radical (unpaired) electrons. The second kappa shape index (κ2) is 4.55. The Morgan fingerprint density at radius 3 is 1.50 bits per heavy atom. The number of nitrogens with zero attached hydrogens (tertiary/aromatic N) is 1. The SMILES string of the molecule is CC(C)(C)/[N+]([O-])=C/c1c(F)c(F)c(F)c(F)c1F. The number of hydrogen-bond acceptors (Lipinski definition) is 1. The minimum Gasteiger partial charge on any atom is -0.623 e. The van der Waals surface area contributed by atoms with Crippen molar-refractivity contribution in [2.24, 2.45) is 0 Å². The van der Waals surface area contributed by atoms with Crippen LogP contribution in [-0.2, 0) is 0 Å². The number of halogens is 5. The molecule has 1 aromatic rings. The van der Waals surface area contributed by atoms with Crippen molar-refractivity contribution in [2.45, 2.75) is 26.3 Å². The molecule has 0 saturated heterocycles. The molecule has 0 N–H and O–H groups in total. The van der Waals surface area contributed by atoms with E-state index < -0.39 is 40.2 Å². The first-order chi connectivity index (χ1) is 8.07. The molecule has 0 unspecified atom stereocenters. The summed E-state index contributed by atoms with van der Waals surface area (Å²) in [6.07, 6.45) is 0.344. The molecule has 0 amide bonds. The molecule has 0 aliphatic carbocycles. The van der Waals surface area contributed by atoms with E-state index in [1.54, 1.807) is 0 Å². The molecule has 18 heavy (non-hydrogen) atoms. The summed E-state index contributed by atoms with van der Waals surface area (Å²) in [5.74, 6) is -10.5. The highest BCUT2D eigenvalue weighted by Gasteiger charge is 2.28. The molecule has 0 aliphatic heterocycles. The van der Waals surface area contributed by atoms with E-state index in [2.05, 4.69) is 0 Å². The fraction of sp³-hybridized carbons (Fsp3) is 0.364. The summed E-state index contributed by atoms with van der Waals surface area (Å²) in [6.45, 7) is 4.26. The van der Waals surface area contributed by atoms with E-state index in [9.17, 15) is 27.2 Å². The van der Waals surface area contributed by atoms with Crippen molar-refractivity contribution in [3.05, 3.63) is 39.9 Å². The van der Waals surface area contributed by atoms with Gasteiger partial charge < -0.3 is 5.21 Å². The smallest absolute Gasteiger partial charge is 0.200 e. The van der Waals surface area contributed by atoms with Gasteiger partial charge in [-0.3, -0.25) is 0 Å². The lowest BCUT2D eigenvalue weighted by atomic mass is 10.1. The van der Waals surface area contributed by atoms with E-state index in [0.29, 0.717) is 6.21 Å². The third kappa shape index (κ3) is 2.44. The van der Waals surface area contributed by atoms with Gasteiger partial charge in [0.25, 0.3) is 0 Å². The molecular weight excluding hydrogens is 257 g/mol. The largest absolute Gasteiger partial charge is 0.623 e. The van der Waals surface area contributed by atoms with Crippen LogP contribution >= 0.6 is 0 Å². The molecule has 0 bridgehead atoms. The van der Waals surface area contributed by atoms with Crippen molar-refractivity contribution in [3.63, 3.8) is 0 Å². The van der Waals surface area contributed by atoms with Crippen molar-refractivity contribution >= 4 is 6.21 Å². The molecular formula is C11H10F5NO. The Hall–Kier alpha value is -1.66. The zero-order valence-corrected chi connectivity index (χ0v) is 9.82. The molecule has 1 aromatic carbocycles. The Morgan fingerprint density at radius 1 is 0.833 bits per heavy atom. The summed E-state index contributed by atoms with van der Waals surface area (Å²) in [5, 5.41) is 11.4. The van der Waals surface area contributed by atoms with Crippen LogP contribution in [0.2, 0.25) is 0 Å². The fourth-order valence-corrected chi connectivity index (χ4v) is 1.05. The van der Waals surface area contributed by atoms with Crippen LogP contribution in [0.25, 0.3) is 0 Å². The van der Waals surface area contributed by atoms with Gasteiger partial charge in [-0.25, -0.2) is 26.7 Å². The zero-order valence-electron chi connectivity index (χ0n) is 9.82. The lowest BCUT2D eigenvalue weighted by Gasteiger charge is -2.18. The van der Waals surface area contributed by atoms with E-state index in [1.165, 1.54) is 20.8 Å². The third-order valence-corrected chi connectivity index (χ3v) is 2.15.